The summed E-state index contributed by atoms with van der Waals surface area (Å²) in [4.78, 5) is 31.6. The van der Waals surface area contributed by atoms with Crippen molar-refractivity contribution in [2.45, 2.75) is 47.0 Å². The Balaban J connectivity index is 2.33. The maximum Gasteiger partial charge on any atom is 0.192 e. The van der Waals surface area contributed by atoms with Crippen LogP contribution in [-0.4, -0.2) is 15.8 Å². The minimum Gasteiger partial charge on any atom is -0.354 e. The predicted octanol–water partition coefficient (Wildman–Crippen LogP) is 4.85. The number of nitrogens with zero attached hydrogens (tertiary/aromatic N) is 1. The van der Waals surface area contributed by atoms with Crippen LogP contribution in [0.3, 0.4) is 0 Å². The molecular formula is C22H23FN2O2. The lowest BCUT2D eigenvalue weighted by molar-refractivity contribution is 0.101. The number of hydrogen-bond donors (Lipinski definition) is 1. The molecule has 0 aliphatic heterocycles. The molecule has 0 bridgehead atoms. The van der Waals surface area contributed by atoms with E-state index in [2.05, 4.69) is 9.97 Å². The number of Topliss-reactive ketones (excluding diaryl/α,β-unsaturated/α-hetero) is 1. The van der Waals surface area contributed by atoms with Crippen LogP contribution in [0.2, 0.25) is 0 Å². The van der Waals surface area contributed by atoms with Crippen LogP contribution in [0.4, 0.5) is 4.39 Å². The molecule has 0 aliphatic carbocycles. The zero-order valence-electron chi connectivity index (χ0n) is 16.5. The molecule has 1 N–H and O–H groups in total. The lowest BCUT2D eigenvalue weighted by atomic mass is 9.81. The topological polar surface area (TPSA) is 62.8 Å². The van der Waals surface area contributed by atoms with Gasteiger partial charge in [0.05, 0.1) is 16.6 Å². The molecule has 1 aromatic carbocycles. The van der Waals surface area contributed by atoms with Crippen LogP contribution in [-0.2, 0) is 5.41 Å². The van der Waals surface area contributed by atoms with Crippen molar-refractivity contribution in [3.8, 4) is 11.3 Å². The van der Waals surface area contributed by atoms with Crippen molar-refractivity contribution < 1.29 is 9.18 Å². The Labute approximate surface area is 157 Å². The fourth-order valence-corrected chi connectivity index (χ4v) is 3.59. The first kappa shape index (κ1) is 19.0. The molecule has 4 nitrogen and oxygen atoms in total. The maximum atomic E-state index is 15.3. The zero-order chi connectivity index (χ0) is 20.1. The molecule has 0 fully saturated rings. The van der Waals surface area contributed by atoms with Crippen molar-refractivity contribution in [1.29, 1.82) is 0 Å². The largest absolute Gasteiger partial charge is 0.354 e. The number of carbonyl (C=O) groups is 1. The molecule has 3 rings (SSSR count). The molecule has 0 atom stereocenters. The number of aromatic amines is 1. The first-order valence-corrected chi connectivity index (χ1v) is 8.86. The van der Waals surface area contributed by atoms with Gasteiger partial charge in [-0.05, 0) is 42.0 Å². The highest BCUT2D eigenvalue weighted by Crippen LogP contribution is 2.35. The van der Waals surface area contributed by atoms with Crippen LogP contribution in [0.25, 0.3) is 22.2 Å². The number of aromatic nitrogens is 2. The van der Waals surface area contributed by atoms with Crippen molar-refractivity contribution in [2.24, 2.45) is 0 Å². The second-order valence-electron chi connectivity index (χ2n) is 7.99. The second-order valence-corrected chi connectivity index (χ2v) is 7.99. The van der Waals surface area contributed by atoms with Crippen molar-refractivity contribution in [1.82, 2.24) is 9.97 Å². The lowest BCUT2D eigenvalue weighted by Crippen LogP contribution is -2.16. The quantitative estimate of drug-likeness (QED) is 0.660. The monoisotopic (exact) mass is 366 g/mol. The van der Waals surface area contributed by atoms with Gasteiger partial charge in [-0.1, -0.05) is 26.8 Å². The van der Waals surface area contributed by atoms with Crippen LogP contribution in [0, 0.1) is 19.7 Å². The summed E-state index contributed by atoms with van der Waals surface area (Å²) in [5, 5.41) is 0.231. The fraction of sp³-hybridized carbons (Fsp3) is 0.318. The summed E-state index contributed by atoms with van der Waals surface area (Å²) in [6.45, 7) is 11.1. The Morgan fingerprint density at radius 1 is 1.19 bits per heavy atom. The number of carbonyl (C=O) groups excluding carboxylic acids is 1. The van der Waals surface area contributed by atoms with E-state index in [4.69, 9.17) is 0 Å². The molecule has 0 saturated heterocycles. The summed E-state index contributed by atoms with van der Waals surface area (Å²) in [7, 11) is 0. The number of fused-ring (bicyclic) bond motifs is 1. The number of benzene rings is 1. The summed E-state index contributed by atoms with van der Waals surface area (Å²) in [5.41, 5.74) is 3.08. The molecule has 3 aromatic rings. The van der Waals surface area contributed by atoms with E-state index in [0.717, 1.165) is 11.1 Å². The van der Waals surface area contributed by atoms with Crippen molar-refractivity contribution in [2.75, 3.05) is 0 Å². The SMILES string of the molecule is CC(=O)c1nccc2[nH]c(-c3c(C)cc(C(C)(C)C)c(C)c3F)cc(=O)c12. The van der Waals surface area contributed by atoms with E-state index in [0.29, 0.717) is 22.3 Å². The molecule has 0 spiro atoms. The fourth-order valence-electron chi connectivity index (χ4n) is 3.59. The highest BCUT2D eigenvalue weighted by Gasteiger charge is 2.23. The van der Waals surface area contributed by atoms with E-state index in [-0.39, 0.29) is 33.5 Å². The summed E-state index contributed by atoms with van der Waals surface area (Å²) in [6, 6.07) is 4.94. The first-order chi connectivity index (χ1) is 12.5. The van der Waals surface area contributed by atoms with E-state index in [1.54, 1.807) is 13.0 Å². The maximum absolute atomic E-state index is 15.3. The third-order valence-electron chi connectivity index (χ3n) is 4.86. The summed E-state index contributed by atoms with van der Waals surface area (Å²) >= 11 is 0. The number of halogens is 1. The first-order valence-electron chi connectivity index (χ1n) is 8.86. The van der Waals surface area contributed by atoms with Gasteiger partial charge < -0.3 is 4.98 Å². The van der Waals surface area contributed by atoms with Gasteiger partial charge in [0.1, 0.15) is 11.5 Å². The van der Waals surface area contributed by atoms with E-state index < -0.39 is 0 Å². The van der Waals surface area contributed by atoms with E-state index in [9.17, 15) is 9.59 Å². The third kappa shape index (κ3) is 3.18. The minimum absolute atomic E-state index is 0.122. The van der Waals surface area contributed by atoms with E-state index in [1.165, 1.54) is 19.2 Å². The molecule has 5 heteroatoms. The number of nitrogens with one attached hydrogen (secondary N) is 1. The van der Waals surface area contributed by atoms with Crippen LogP contribution >= 0.6 is 0 Å². The normalized spacial score (nSPS) is 11.8. The summed E-state index contributed by atoms with van der Waals surface area (Å²) in [5.74, 6) is -0.623. The Morgan fingerprint density at radius 2 is 1.85 bits per heavy atom. The molecule has 0 radical (unpaired) electrons. The van der Waals surface area contributed by atoms with Gasteiger partial charge in [-0.15, -0.1) is 0 Å². The minimum atomic E-state index is -0.353. The van der Waals surface area contributed by atoms with Gasteiger partial charge in [-0.3, -0.25) is 14.6 Å². The highest BCUT2D eigenvalue weighted by atomic mass is 19.1. The number of aryl methyl sites for hydroxylation is 1. The number of hydrogen-bond acceptors (Lipinski definition) is 3. The third-order valence-corrected chi connectivity index (χ3v) is 4.86. The predicted molar refractivity (Wildman–Crippen MR) is 106 cm³/mol. The molecular weight excluding hydrogens is 343 g/mol. The van der Waals surface area contributed by atoms with Gasteiger partial charge >= 0.3 is 0 Å². The van der Waals surface area contributed by atoms with Gasteiger partial charge in [-0.25, -0.2) is 4.39 Å². The van der Waals surface area contributed by atoms with Crippen molar-refractivity contribution in [3.63, 3.8) is 0 Å². The Morgan fingerprint density at radius 3 is 2.44 bits per heavy atom. The summed E-state index contributed by atoms with van der Waals surface area (Å²) < 4.78 is 15.3. The number of H-pyrrole nitrogens is 1. The average molecular weight is 366 g/mol. The molecule has 0 saturated carbocycles. The van der Waals surface area contributed by atoms with Gasteiger partial charge in [0.25, 0.3) is 0 Å². The lowest BCUT2D eigenvalue weighted by Gasteiger charge is -2.24. The molecule has 0 aliphatic rings. The number of pyridine rings is 2. The smallest absolute Gasteiger partial charge is 0.192 e. The van der Waals surface area contributed by atoms with Crippen LogP contribution in [0.1, 0.15) is 54.9 Å². The van der Waals surface area contributed by atoms with E-state index in [1.807, 2.05) is 33.8 Å². The van der Waals surface area contributed by atoms with Gasteiger partial charge in [0.15, 0.2) is 11.2 Å². The van der Waals surface area contributed by atoms with Crippen LogP contribution in [0.5, 0.6) is 0 Å². The molecule has 0 unspecified atom stereocenters. The number of rotatable bonds is 2. The highest BCUT2D eigenvalue weighted by molar-refractivity contribution is 6.04. The number of ketones is 1. The standard InChI is InChI=1S/C22H23FN2O2/c1-11-9-14(22(4,5)6)12(2)20(23)18(11)16-10-17(27)19-15(25-16)7-8-24-21(19)13(3)26/h7-10H,1-6H3,(H,25,27). The average Bonchev–Trinajstić information content (AvgIpc) is 2.56. The molecule has 2 heterocycles. The van der Waals surface area contributed by atoms with Gasteiger partial charge in [-0.2, -0.15) is 0 Å². The summed E-state index contributed by atoms with van der Waals surface area (Å²) in [6.07, 6.45) is 1.47. The molecule has 2 aromatic heterocycles. The van der Waals surface area contributed by atoms with Gasteiger partial charge in [0.2, 0.25) is 0 Å². The van der Waals surface area contributed by atoms with Crippen molar-refractivity contribution >= 4 is 16.7 Å². The van der Waals surface area contributed by atoms with Gasteiger partial charge in [0, 0.05) is 24.8 Å². The second kappa shape index (κ2) is 6.41. The van der Waals surface area contributed by atoms with Crippen LogP contribution in [0.15, 0.2) is 29.2 Å². The molecule has 140 valence electrons. The zero-order valence-corrected chi connectivity index (χ0v) is 16.5. The Bertz CT molecular complexity index is 1140. The Kier molecular flexibility index (Phi) is 4.50. The van der Waals surface area contributed by atoms with E-state index >= 15 is 4.39 Å². The molecule has 27 heavy (non-hydrogen) atoms. The Hall–Kier alpha value is -2.82. The van der Waals surface area contributed by atoms with Crippen molar-refractivity contribution in [3.05, 3.63) is 62.8 Å². The molecule has 0 amide bonds. The van der Waals surface area contributed by atoms with Crippen LogP contribution < -0.4 is 5.43 Å².